The number of amides is 1. The number of benzene rings is 2. The molecule has 1 amide bonds. The molecular weight excluding hydrogens is 260 g/mol. The van der Waals surface area contributed by atoms with Crippen LogP contribution in [0.25, 0.3) is 0 Å². The zero-order chi connectivity index (χ0) is 14.8. The van der Waals surface area contributed by atoms with Gasteiger partial charge in [-0.05, 0) is 43.0 Å². The number of nitrogen functional groups attached to an aromatic ring is 1. The molecule has 2 N–H and O–H groups in total. The second-order valence-electron chi connectivity index (χ2n) is 5.67. The van der Waals surface area contributed by atoms with Crippen molar-refractivity contribution in [3.8, 4) is 0 Å². The van der Waals surface area contributed by atoms with Crippen LogP contribution in [0.2, 0.25) is 0 Å². The van der Waals surface area contributed by atoms with E-state index in [1.54, 1.807) is 0 Å². The highest BCUT2D eigenvalue weighted by atomic mass is 16.2. The number of hydrogen-bond acceptors (Lipinski definition) is 2. The van der Waals surface area contributed by atoms with E-state index in [-0.39, 0.29) is 5.91 Å². The Bertz CT molecular complexity index is 661. The molecule has 0 saturated heterocycles. The molecule has 0 saturated carbocycles. The van der Waals surface area contributed by atoms with Gasteiger partial charge in [0, 0.05) is 24.3 Å². The summed E-state index contributed by atoms with van der Waals surface area (Å²) in [7, 11) is 0. The number of anilines is 2. The van der Waals surface area contributed by atoms with Crippen molar-refractivity contribution in [2.45, 2.75) is 26.2 Å². The highest BCUT2D eigenvalue weighted by Crippen LogP contribution is 2.30. The van der Waals surface area contributed by atoms with Gasteiger partial charge in [0.1, 0.15) is 0 Å². The molecule has 0 aliphatic carbocycles. The third-order valence-electron chi connectivity index (χ3n) is 4.05. The number of hydrogen-bond donors (Lipinski definition) is 1. The minimum atomic E-state index is 0.180. The number of carbonyl (C=O) groups is 1. The molecule has 3 nitrogen and oxygen atoms in total. The number of nitrogens with zero attached hydrogens (tertiary/aromatic N) is 1. The summed E-state index contributed by atoms with van der Waals surface area (Å²) in [6, 6.07) is 14.2. The number of rotatable bonds is 3. The Morgan fingerprint density at radius 3 is 2.71 bits per heavy atom. The van der Waals surface area contributed by atoms with Crippen molar-refractivity contribution in [3.05, 3.63) is 59.2 Å². The van der Waals surface area contributed by atoms with E-state index >= 15 is 0 Å². The van der Waals surface area contributed by atoms with E-state index in [1.807, 2.05) is 23.1 Å². The Morgan fingerprint density at radius 1 is 1.19 bits per heavy atom. The van der Waals surface area contributed by atoms with E-state index in [4.69, 9.17) is 5.73 Å². The molecule has 3 heteroatoms. The number of aryl methyl sites for hydroxylation is 2. The Balaban J connectivity index is 1.67. The fourth-order valence-electron chi connectivity index (χ4n) is 2.80. The van der Waals surface area contributed by atoms with Gasteiger partial charge in [0.2, 0.25) is 5.91 Å². The molecule has 0 aromatic heterocycles. The summed E-state index contributed by atoms with van der Waals surface area (Å²) in [4.78, 5) is 14.3. The lowest BCUT2D eigenvalue weighted by molar-refractivity contribution is -0.118. The van der Waals surface area contributed by atoms with Crippen molar-refractivity contribution in [2.75, 3.05) is 17.2 Å². The molecule has 1 heterocycles. The highest BCUT2D eigenvalue weighted by molar-refractivity contribution is 5.96. The lowest BCUT2D eigenvalue weighted by Gasteiger charge is -2.17. The largest absolute Gasteiger partial charge is 0.399 e. The van der Waals surface area contributed by atoms with Gasteiger partial charge in [-0.25, -0.2) is 0 Å². The quantitative estimate of drug-likeness (QED) is 0.878. The molecular formula is C18H20N2O. The van der Waals surface area contributed by atoms with Crippen LogP contribution in [-0.2, 0) is 17.6 Å². The highest BCUT2D eigenvalue weighted by Gasteiger charge is 2.24. The first kappa shape index (κ1) is 13.7. The average molecular weight is 280 g/mol. The molecule has 2 aromatic rings. The van der Waals surface area contributed by atoms with Crippen LogP contribution in [0, 0.1) is 6.92 Å². The van der Waals surface area contributed by atoms with Crippen molar-refractivity contribution in [1.29, 1.82) is 0 Å². The average Bonchev–Trinajstić information content (AvgIpc) is 2.89. The number of fused-ring (bicyclic) bond motifs is 1. The molecule has 108 valence electrons. The maximum atomic E-state index is 12.4. The van der Waals surface area contributed by atoms with Gasteiger partial charge in [-0.1, -0.05) is 35.9 Å². The Hall–Kier alpha value is -2.29. The summed E-state index contributed by atoms with van der Waals surface area (Å²) >= 11 is 0. The summed E-state index contributed by atoms with van der Waals surface area (Å²) in [6.07, 6.45) is 2.25. The van der Waals surface area contributed by atoms with Gasteiger partial charge in [0.15, 0.2) is 0 Å². The zero-order valence-corrected chi connectivity index (χ0v) is 12.3. The lowest BCUT2D eigenvalue weighted by atomic mass is 10.1. The Labute approximate surface area is 125 Å². The van der Waals surface area contributed by atoms with Crippen LogP contribution >= 0.6 is 0 Å². The second kappa shape index (κ2) is 5.60. The van der Waals surface area contributed by atoms with Crippen molar-refractivity contribution in [2.24, 2.45) is 0 Å². The van der Waals surface area contributed by atoms with E-state index in [0.29, 0.717) is 12.1 Å². The summed E-state index contributed by atoms with van der Waals surface area (Å²) in [5.74, 6) is 0.180. The third kappa shape index (κ3) is 2.92. The standard InChI is InChI=1S/C18H20N2O/c1-13-2-4-14(5-3-13)6-9-18(21)20-11-10-15-7-8-16(19)12-17(15)20/h2-5,7-8,12H,6,9-11,19H2,1H3. The fraction of sp³-hybridized carbons (Fsp3) is 0.278. The van der Waals surface area contributed by atoms with Crippen molar-refractivity contribution in [1.82, 2.24) is 0 Å². The minimum absolute atomic E-state index is 0.180. The normalized spacial score (nSPS) is 13.3. The van der Waals surface area contributed by atoms with Crippen LogP contribution in [0.3, 0.4) is 0 Å². The molecule has 0 atom stereocenters. The van der Waals surface area contributed by atoms with E-state index < -0.39 is 0 Å². The van der Waals surface area contributed by atoms with Crippen LogP contribution < -0.4 is 10.6 Å². The van der Waals surface area contributed by atoms with Gasteiger partial charge in [-0.2, -0.15) is 0 Å². The van der Waals surface area contributed by atoms with Crippen LogP contribution in [-0.4, -0.2) is 12.5 Å². The van der Waals surface area contributed by atoms with Gasteiger partial charge in [0.25, 0.3) is 0 Å². The van der Waals surface area contributed by atoms with Crippen molar-refractivity contribution in [3.63, 3.8) is 0 Å². The molecule has 1 aliphatic heterocycles. The number of nitrogens with two attached hydrogens (primary N) is 1. The van der Waals surface area contributed by atoms with Crippen molar-refractivity contribution < 1.29 is 4.79 Å². The zero-order valence-electron chi connectivity index (χ0n) is 12.3. The van der Waals surface area contributed by atoms with E-state index in [9.17, 15) is 4.79 Å². The smallest absolute Gasteiger partial charge is 0.227 e. The third-order valence-corrected chi connectivity index (χ3v) is 4.05. The Morgan fingerprint density at radius 2 is 1.95 bits per heavy atom. The minimum Gasteiger partial charge on any atom is -0.399 e. The van der Waals surface area contributed by atoms with Gasteiger partial charge in [-0.15, -0.1) is 0 Å². The molecule has 21 heavy (non-hydrogen) atoms. The van der Waals surface area contributed by atoms with Gasteiger partial charge in [0.05, 0.1) is 0 Å². The molecule has 0 radical (unpaired) electrons. The van der Waals surface area contributed by atoms with Crippen LogP contribution in [0.15, 0.2) is 42.5 Å². The molecule has 0 unspecified atom stereocenters. The van der Waals surface area contributed by atoms with Crippen molar-refractivity contribution >= 4 is 17.3 Å². The molecule has 0 bridgehead atoms. The van der Waals surface area contributed by atoms with E-state index in [1.165, 1.54) is 16.7 Å². The lowest BCUT2D eigenvalue weighted by Crippen LogP contribution is -2.29. The molecule has 2 aromatic carbocycles. The second-order valence-corrected chi connectivity index (χ2v) is 5.67. The fourth-order valence-corrected chi connectivity index (χ4v) is 2.80. The number of carbonyl (C=O) groups excluding carboxylic acids is 1. The first-order chi connectivity index (χ1) is 10.1. The predicted octanol–water partition coefficient (Wildman–Crippen LogP) is 3.10. The van der Waals surface area contributed by atoms with Gasteiger partial charge in [-0.3, -0.25) is 4.79 Å². The predicted molar refractivity (Wildman–Crippen MR) is 86.4 cm³/mol. The SMILES string of the molecule is Cc1ccc(CCC(=O)N2CCc3ccc(N)cc32)cc1. The topological polar surface area (TPSA) is 46.3 Å². The van der Waals surface area contributed by atoms with Crippen LogP contribution in [0.4, 0.5) is 11.4 Å². The first-order valence-electron chi connectivity index (χ1n) is 7.38. The summed E-state index contributed by atoms with van der Waals surface area (Å²) in [5, 5.41) is 0. The molecule has 0 spiro atoms. The monoisotopic (exact) mass is 280 g/mol. The summed E-state index contributed by atoms with van der Waals surface area (Å²) in [5.41, 5.74) is 11.2. The first-order valence-corrected chi connectivity index (χ1v) is 7.38. The van der Waals surface area contributed by atoms with Gasteiger partial charge >= 0.3 is 0 Å². The maximum absolute atomic E-state index is 12.4. The molecule has 3 rings (SSSR count). The van der Waals surface area contributed by atoms with Crippen LogP contribution in [0.5, 0.6) is 0 Å². The summed E-state index contributed by atoms with van der Waals surface area (Å²) < 4.78 is 0. The van der Waals surface area contributed by atoms with Gasteiger partial charge < -0.3 is 10.6 Å². The molecule has 0 fully saturated rings. The maximum Gasteiger partial charge on any atom is 0.227 e. The Kier molecular flexibility index (Phi) is 3.65. The molecule has 1 aliphatic rings. The van der Waals surface area contributed by atoms with Crippen LogP contribution in [0.1, 0.15) is 23.1 Å². The van der Waals surface area contributed by atoms with E-state index in [2.05, 4.69) is 31.2 Å². The summed E-state index contributed by atoms with van der Waals surface area (Å²) in [6.45, 7) is 2.84. The van der Waals surface area contributed by atoms with E-state index in [0.717, 1.165) is 25.1 Å².